The highest BCUT2D eigenvalue weighted by atomic mass is 32.3. The van der Waals surface area contributed by atoms with Crippen molar-refractivity contribution in [3.8, 4) is 0 Å². The summed E-state index contributed by atoms with van der Waals surface area (Å²) in [5.41, 5.74) is 0.626. The van der Waals surface area contributed by atoms with Crippen molar-refractivity contribution in [2.75, 3.05) is 13.7 Å². The molecule has 0 spiro atoms. The third kappa shape index (κ3) is 4.49. The summed E-state index contributed by atoms with van der Waals surface area (Å²) in [4.78, 5) is 0. The van der Waals surface area contributed by atoms with E-state index in [1.807, 2.05) is 0 Å². The summed E-state index contributed by atoms with van der Waals surface area (Å²) in [6, 6.07) is 0. The Labute approximate surface area is 60.8 Å². The van der Waals surface area contributed by atoms with E-state index in [1.54, 1.807) is 6.92 Å². The summed E-state index contributed by atoms with van der Waals surface area (Å²) in [6.45, 7) is 5.07. The summed E-state index contributed by atoms with van der Waals surface area (Å²) < 4.78 is 29.1. The Morgan fingerprint density at radius 3 is 2.40 bits per heavy atom. The van der Waals surface area contributed by atoms with Gasteiger partial charge in [-0.1, -0.05) is 12.2 Å². The van der Waals surface area contributed by atoms with Gasteiger partial charge in [0.25, 0.3) is 0 Å². The third-order valence-corrected chi connectivity index (χ3v) is 1.47. The second-order valence-corrected chi connectivity index (χ2v) is 3.18. The smallest absolute Gasteiger partial charge is 0.252 e. The lowest BCUT2D eigenvalue weighted by atomic mass is 10.4. The van der Waals surface area contributed by atoms with Crippen LogP contribution in [0, 0.1) is 0 Å². The van der Waals surface area contributed by atoms with Crippen molar-refractivity contribution < 1.29 is 16.8 Å². The van der Waals surface area contributed by atoms with Crippen molar-refractivity contribution in [2.45, 2.75) is 6.92 Å². The van der Waals surface area contributed by atoms with E-state index in [0.29, 0.717) is 5.57 Å². The van der Waals surface area contributed by atoms with Gasteiger partial charge in [0.2, 0.25) is 0 Å². The Hall–Kier alpha value is -0.390. The van der Waals surface area contributed by atoms with E-state index >= 15 is 0 Å². The number of hydrogen-bond acceptors (Lipinski definition) is 4. The van der Waals surface area contributed by atoms with Crippen LogP contribution in [0.2, 0.25) is 0 Å². The van der Waals surface area contributed by atoms with E-state index in [9.17, 15) is 8.42 Å². The zero-order chi connectivity index (χ0) is 8.20. The van der Waals surface area contributed by atoms with Crippen LogP contribution >= 0.6 is 0 Å². The Morgan fingerprint density at radius 1 is 1.60 bits per heavy atom. The zero-order valence-electron chi connectivity index (χ0n) is 5.96. The van der Waals surface area contributed by atoms with Crippen LogP contribution in [0.4, 0.5) is 0 Å². The van der Waals surface area contributed by atoms with Gasteiger partial charge < -0.3 is 0 Å². The first-order chi connectivity index (χ1) is 4.48. The van der Waals surface area contributed by atoms with Gasteiger partial charge in [-0.15, -0.1) is 0 Å². The average Bonchev–Trinajstić information content (AvgIpc) is 1.85. The standard InChI is InChI=1S/C5H10O4S/c1-5(2)4-9-10(6,7)8-3/h1,4H2,2-3H3. The first-order valence-electron chi connectivity index (χ1n) is 2.57. The van der Waals surface area contributed by atoms with Crippen LogP contribution in [-0.4, -0.2) is 22.1 Å². The molecule has 0 aromatic rings. The summed E-state index contributed by atoms with van der Waals surface area (Å²) in [5, 5.41) is 0. The van der Waals surface area contributed by atoms with Gasteiger partial charge in [-0.2, -0.15) is 8.42 Å². The molecule has 0 aliphatic rings. The Balaban J connectivity index is 3.81. The van der Waals surface area contributed by atoms with E-state index in [1.165, 1.54) is 0 Å². The van der Waals surface area contributed by atoms with E-state index < -0.39 is 10.4 Å². The number of rotatable bonds is 4. The van der Waals surface area contributed by atoms with Crippen LogP contribution in [0.5, 0.6) is 0 Å². The van der Waals surface area contributed by atoms with Gasteiger partial charge in [-0.3, -0.25) is 4.18 Å². The van der Waals surface area contributed by atoms with Crippen molar-refractivity contribution >= 4 is 10.4 Å². The highest BCUT2D eigenvalue weighted by Crippen LogP contribution is 1.96. The minimum Gasteiger partial charge on any atom is -0.252 e. The van der Waals surface area contributed by atoms with E-state index in [4.69, 9.17) is 0 Å². The minimum absolute atomic E-state index is 0.0316. The fourth-order valence-corrected chi connectivity index (χ4v) is 0.663. The Kier molecular flexibility index (Phi) is 3.55. The van der Waals surface area contributed by atoms with Crippen molar-refractivity contribution in [3.05, 3.63) is 12.2 Å². The fraction of sp³-hybridized carbons (Fsp3) is 0.600. The molecule has 0 unspecified atom stereocenters. The predicted molar refractivity (Wildman–Crippen MR) is 36.7 cm³/mol. The summed E-state index contributed by atoms with van der Waals surface area (Å²) in [6.07, 6.45) is 0. The predicted octanol–water partition coefficient (Wildman–Crippen LogP) is 0.470. The monoisotopic (exact) mass is 166 g/mol. The first-order valence-corrected chi connectivity index (χ1v) is 3.90. The molecule has 0 saturated heterocycles. The summed E-state index contributed by atoms with van der Waals surface area (Å²) in [5.74, 6) is 0. The topological polar surface area (TPSA) is 52.6 Å². The molecule has 0 heterocycles. The zero-order valence-corrected chi connectivity index (χ0v) is 6.77. The molecule has 0 bridgehead atoms. The minimum atomic E-state index is -3.78. The normalized spacial score (nSPS) is 11.4. The van der Waals surface area contributed by atoms with Crippen LogP contribution in [0.1, 0.15) is 6.92 Å². The molecule has 0 N–H and O–H groups in total. The third-order valence-electron chi connectivity index (χ3n) is 0.654. The molecule has 5 heteroatoms. The van der Waals surface area contributed by atoms with E-state index in [-0.39, 0.29) is 6.61 Å². The molecular formula is C5H10O4S. The fourth-order valence-electron chi connectivity index (χ4n) is 0.221. The van der Waals surface area contributed by atoms with E-state index in [0.717, 1.165) is 7.11 Å². The Bertz CT molecular complexity index is 204. The van der Waals surface area contributed by atoms with Crippen LogP contribution in [0.3, 0.4) is 0 Å². The highest BCUT2D eigenvalue weighted by Gasteiger charge is 2.07. The van der Waals surface area contributed by atoms with Crippen LogP contribution in [0.25, 0.3) is 0 Å². The van der Waals surface area contributed by atoms with Gasteiger partial charge in [0.15, 0.2) is 0 Å². The average molecular weight is 166 g/mol. The maximum absolute atomic E-state index is 10.4. The Morgan fingerprint density at radius 2 is 2.10 bits per heavy atom. The largest absolute Gasteiger partial charge is 0.399 e. The molecule has 60 valence electrons. The molecule has 0 rings (SSSR count). The van der Waals surface area contributed by atoms with Crippen LogP contribution < -0.4 is 0 Å². The molecule has 0 aliphatic heterocycles. The van der Waals surface area contributed by atoms with Gasteiger partial charge in [0.1, 0.15) is 0 Å². The summed E-state index contributed by atoms with van der Waals surface area (Å²) in [7, 11) is -2.74. The molecule has 10 heavy (non-hydrogen) atoms. The molecule has 0 aliphatic carbocycles. The molecular weight excluding hydrogens is 156 g/mol. The molecule has 0 radical (unpaired) electrons. The van der Waals surface area contributed by atoms with Crippen molar-refractivity contribution in [3.63, 3.8) is 0 Å². The lowest BCUT2D eigenvalue weighted by Gasteiger charge is -2.00. The van der Waals surface area contributed by atoms with Crippen LogP contribution in [-0.2, 0) is 18.8 Å². The quantitative estimate of drug-likeness (QED) is 0.570. The van der Waals surface area contributed by atoms with E-state index in [2.05, 4.69) is 14.9 Å². The lowest BCUT2D eigenvalue weighted by Crippen LogP contribution is -2.08. The van der Waals surface area contributed by atoms with Crippen LogP contribution in [0.15, 0.2) is 12.2 Å². The van der Waals surface area contributed by atoms with Gasteiger partial charge in [-0.05, 0) is 6.92 Å². The lowest BCUT2D eigenvalue weighted by molar-refractivity contribution is 0.260. The summed E-state index contributed by atoms with van der Waals surface area (Å²) >= 11 is 0. The molecule has 4 nitrogen and oxygen atoms in total. The SMILES string of the molecule is C=C(C)COS(=O)(=O)OC. The highest BCUT2D eigenvalue weighted by molar-refractivity contribution is 7.81. The maximum Gasteiger partial charge on any atom is 0.399 e. The van der Waals surface area contributed by atoms with Crippen molar-refractivity contribution in [1.29, 1.82) is 0 Å². The van der Waals surface area contributed by atoms with Crippen molar-refractivity contribution in [2.24, 2.45) is 0 Å². The van der Waals surface area contributed by atoms with Gasteiger partial charge in [0.05, 0.1) is 13.7 Å². The first kappa shape index (κ1) is 9.61. The second-order valence-electron chi connectivity index (χ2n) is 1.79. The molecule has 0 fully saturated rings. The van der Waals surface area contributed by atoms with Gasteiger partial charge in [0, 0.05) is 0 Å². The maximum atomic E-state index is 10.4. The molecule has 0 atom stereocenters. The molecule has 0 amide bonds. The van der Waals surface area contributed by atoms with Crippen molar-refractivity contribution in [1.82, 2.24) is 0 Å². The van der Waals surface area contributed by atoms with Gasteiger partial charge in [-0.25, -0.2) is 4.18 Å². The second kappa shape index (κ2) is 3.70. The molecule has 0 saturated carbocycles. The molecule has 0 aromatic heterocycles. The van der Waals surface area contributed by atoms with Gasteiger partial charge >= 0.3 is 10.4 Å². The number of hydrogen-bond donors (Lipinski definition) is 0. The molecule has 0 aromatic carbocycles.